The molecular formula is C21H20F2N4O3. The lowest BCUT2D eigenvalue weighted by Gasteiger charge is -2.17. The lowest BCUT2D eigenvalue weighted by Crippen LogP contribution is -2.39. The predicted molar refractivity (Wildman–Crippen MR) is 104 cm³/mol. The molecule has 2 aliphatic rings. The van der Waals surface area contributed by atoms with Crippen LogP contribution in [-0.4, -0.2) is 39.7 Å². The lowest BCUT2D eigenvalue weighted by atomic mass is 10.1. The van der Waals surface area contributed by atoms with Crippen molar-refractivity contribution in [1.82, 2.24) is 15.3 Å². The Hall–Kier alpha value is -3.25. The number of amides is 1. The molecule has 1 spiro atoms. The van der Waals surface area contributed by atoms with E-state index in [1.54, 1.807) is 0 Å². The molecule has 1 heterocycles. The summed E-state index contributed by atoms with van der Waals surface area (Å²) in [5, 5.41) is 13.1. The molecule has 7 nitrogen and oxygen atoms in total. The Kier molecular flexibility index (Phi) is 5.26. The normalized spacial score (nSPS) is 21.2. The van der Waals surface area contributed by atoms with Gasteiger partial charge in [-0.15, -0.1) is 0 Å². The van der Waals surface area contributed by atoms with Crippen molar-refractivity contribution in [3.63, 3.8) is 0 Å². The number of aromatic nitrogens is 2. The van der Waals surface area contributed by atoms with Gasteiger partial charge >= 0.3 is 6.61 Å². The molecule has 2 atom stereocenters. The van der Waals surface area contributed by atoms with Crippen LogP contribution < -0.4 is 15.8 Å². The molecule has 0 unspecified atom stereocenters. The number of anilines is 1. The molecule has 0 aliphatic heterocycles. The van der Waals surface area contributed by atoms with Gasteiger partial charge in [0.1, 0.15) is 5.75 Å². The Morgan fingerprint density at radius 1 is 1.27 bits per heavy atom. The van der Waals surface area contributed by atoms with Crippen LogP contribution in [0.4, 0.5) is 14.7 Å². The number of benzene rings is 1. The van der Waals surface area contributed by atoms with Crippen molar-refractivity contribution in [3.8, 4) is 17.6 Å². The number of ether oxygens (including phenoxy) is 1. The zero-order valence-corrected chi connectivity index (χ0v) is 15.9. The predicted octanol–water partition coefficient (Wildman–Crippen LogP) is 2.09. The molecule has 0 bridgehead atoms. The summed E-state index contributed by atoms with van der Waals surface area (Å²) >= 11 is 0. The number of nitrogens with two attached hydrogens (primary N) is 1. The van der Waals surface area contributed by atoms with Gasteiger partial charge in [-0.25, -0.2) is 9.97 Å². The van der Waals surface area contributed by atoms with Crippen LogP contribution in [0.2, 0.25) is 0 Å². The fourth-order valence-electron chi connectivity index (χ4n) is 3.77. The van der Waals surface area contributed by atoms with Gasteiger partial charge < -0.3 is 20.9 Å². The van der Waals surface area contributed by atoms with Gasteiger partial charge in [0.05, 0.1) is 23.3 Å². The Bertz CT molecular complexity index is 1010. The molecule has 2 aliphatic carbocycles. The first-order valence-electron chi connectivity index (χ1n) is 9.51. The molecule has 156 valence electrons. The Morgan fingerprint density at radius 3 is 2.63 bits per heavy atom. The highest BCUT2D eigenvalue weighted by molar-refractivity contribution is 5.95. The topological polar surface area (TPSA) is 110 Å². The maximum Gasteiger partial charge on any atom is 0.387 e. The first kappa shape index (κ1) is 20.0. The average Bonchev–Trinajstić information content (AvgIpc) is 3.38. The molecule has 2 aromatic rings. The third-order valence-corrected chi connectivity index (χ3v) is 5.50. The minimum Gasteiger partial charge on any atom is -0.434 e. The Balaban J connectivity index is 1.56. The van der Waals surface area contributed by atoms with Crippen molar-refractivity contribution in [2.75, 3.05) is 5.73 Å². The minimum absolute atomic E-state index is 0.0861. The number of carbonyl (C=O) groups excluding carboxylic acids is 1. The number of aliphatic hydroxyl groups is 1. The number of aliphatic hydroxyl groups excluding tert-OH is 1. The minimum atomic E-state index is -3.03. The first-order chi connectivity index (χ1) is 14.3. The molecule has 2 fully saturated rings. The fourth-order valence-corrected chi connectivity index (χ4v) is 3.77. The summed E-state index contributed by atoms with van der Waals surface area (Å²) in [5.74, 6) is 4.99. The molecule has 0 radical (unpaired) electrons. The number of nitrogens with zero attached hydrogens (tertiary/aromatic N) is 2. The summed E-state index contributed by atoms with van der Waals surface area (Å²) in [6.45, 7) is -3.03. The van der Waals surface area contributed by atoms with E-state index in [4.69, 9.17) is 5.73 Å². The van der Waals surface area contributed by atoms with E-state index in [1.165, 1.54) is 30.6 Å². The van der Waals surface area contributed by atoms with Crippen molar-refractivity contribution < 1.29 is 23.4 Å². The van der Waals surface area contributed by atoms with Crippen molar-refractivity contribution >= 4 is 11.9 Å². The fraction of sp³-hybridized carbons (Fsp3) is 0.381. The average molecular weight is 414 g/mol. The van der Waals surface area contributed by atoms with Crippen LogP contribution >= 0.6 is 0 Å². The van der Waals surface area contributed by atoms with Gasteiger partial charge in [0.2, 0.25) is 5.95 Å². The van der Waals surface area contributed by atoms with Gasteiger partial charge in [0, 0.05) is 18.0 Å². The van der Waals surface area contributed by atoms with E-state index < -0.39 is 18.6 Å². The largest absolute Gasteiger partial charge is 0.434 e. The summed E-state index contributed by atoms with van der Waals surface area (Å²) in [6, 6.07) is 3.72. The van der Waals surface area contributed by atoms with Crippen LogP contribution in [0.15, 0.2) is 30.6 Å². The summed E-state index contributed by atoms with van der Waals surface area (Å²) in [6.07, 6.45) is 5.80. The number of nitrogens with one attached hydrogen (secondary N) is 1. The number of halogens is 2. The van der Waals surface area contributed by atoms with Crippen LogP contribution in [0, 0.1) is 17.3 Å². The van der Waals surface area contributed by atoms with Gasteiger partial charge in [-0.1, -0.05) is 11.8 Å². The van der Waals surface area contributed by atoms with E-state index in [0.29, 0.717) is 12.0 Å². The van der Waals surface area contributed by atoms with Gasteiger partial charge in [0.15, 0.2) is 0 Å². The van der Waals surface area contributed by atoms with Crippen LogP contribution in [0.5, 0.6) is 5.75 Å². The molecule has 1 aromatic heterocycles. The molecule has 9 heteroatoms. The highest BCUT2D eigenvalue weighted by atomic mass is 19.3. The standard InChI is InChI=1S/C21H20F2N4O3/c22-19(23)30-17-4-3-14(7-13(17)2-1-12-10-25-20(24)26-11-12)18(29)27-15-8-21(5-6-21)9-16(15)28/h3-4,7,10-11,15-16,19,28H,5-6,8-9H2,(H,27,29)(H2,24,25,26)/t15-,16-/m0/s1. The highest BCUT2D eigenvalue weighted by Crippen LogP contribution is 2.57. The number of hydrogen-bond donors (Lipinski definition) is 3. The van der Waals surface area contributed by atoms with Gasteiger partial charge in [-0.3, -0.25) is 4.79 Å². The van der Waals surface area contributed by atoms with Crippen LogP contribution in [0.3, 0.4) is 0 Å². The summed E-state index contributed by atoms with van der Waals surface area (Å²) in [5.41, 5.74) is 6.37. The Morgan fingerprint density at radius 2 is 2.00 bits per heavy atom. The van der Waals surface area contributed by atoms with E-state index in [-0.39, 0.29) is 34.3 Å². The van der Waals surface area contributed by atoms with Crippen LogP contribution in [0.1, 0.15) is 47.2 Å². The molecule has 0 saturated heterocycles. The summed E-state index contributed by atoms with van der Waals surface area (Å²) in [4.78, 5) is 20.3. The third kappa shape index (κ3) is 4.49. The molecule has 4 rings (SSSR count). The maximum atomic E-state index is 12.7. The smallest absolute Gasteiger partial charge is 0.387 e. The maximum absolute atomic E-state index is 12.7. The molecule has 1 aromatic carbocycles. The van der Waals surface area contributed by atoms with Crippen molar-refractivity contribution in [3.05, 3.63) is 47.3 Å². The summed E-state index contributed by atoms with van der Waals surface area (Å²) in [7, 11) is 0. The van der Waals surface area contributed by atoms with E-state index in [2.05, 4.69) is 31.9 Å². The monoisotopic (exact) mass is 414 g/mol. The molecule has 4 N–H and O–H groups in total. The van der Waals surface area contributed by atoms with Crippen molar-refractivity contribution in [1.29, 1.82) is 0 Å². The first-order valence-corrected chi connectivity index (χ1v) is 9.51. The second-order valence-electron chi connectivity index (χ2n) is 7.72. The van der Waals surface area contributed by atoms with Crippen LogP contribution in [-0.2, 0) is 0 Å². The summed E-state index contributed by atoms with van der Waals surface area (Å²) < 4.78 is 30.0. The van der Waals surface area contributed by atoms with Crippen LogP contribution in [0.25, 0.3) is 0 Å². The second-order valence-corrected chi connectivity index (χ2v) is 7.72. The number of hydrogen-bond acceptors (Lipinski definition) is 6. The highest BCUT2D eigenvalue weighted by Gasteiger charge is 2.52. The SMILES string of the molecule is Nc1ncc(C#Cc2cc(C(=O)N[C@H]3CC4(CC4)C[C@@H]3O)ccc2OC(F)F)cn1. The zero-order valence-electron chi connectivity index (χ0n) is 15.9. The molecule has 30 heavy (non-hydrogen) atoms. The zero-order chi connectivity index (χ0) is 21.3. The number of rotatable bonds is 4. The van der Waals surface area contributed by atoms with Crippen molar-refractivity contribution in [2.24, 2.45) is 5.41 Å². The molecular weight excluding hydrogens is 394 g/mol. The second kappa shape index (κ2) is 7.88. The number of nitrogen functional groups attached to an aromatic ring is 1. The van der Waals surface area contributed by atoms with E-state index in [1.807, 2.05) is 0 Å². The van der Waals surface area contributed by atoms with E-state index in [0.717, 1.165) is 19.3 Å². The van der Waals surface area contributed by atoms with E-state index >= 15 is 0 Å². The molecule has 1 amide bonds. The Labute approximate surface area is 171 Å². The van der Waals surface area contributed by atoms with Crippen molar-refractivity contribution in [2.45, 2.75) is 44.4 Å². The lowest BCUT2D eigenvalue weighted by molar-refractivity contribution is -0.0500. The molecule has 2 saturated carbocycles. The number of carbonyl (C=O) groups is 1. The third-order valence-electron chi connectivity index (χ3n) is 5.50. The van der Waals surface area contributed by atoms with Gasteiger partial charge in [-0.2, -0.15) is 8.78 Å². The van der Waals surface area contributed by atoms with Gasteiger partial charge in [0.25, 0.3) is 5.91 Å². The number of alkyl halides is 2. The quantitative estimate of drug-likeness (QED) is 0.661. The van der Waals surface area contributed by atoms with E-state index in [9.17, 15) is 18.7 Å². The van der Waals surface area contributed by atoms with Gasteiger partial charge in [-0.05, 0) is 49.3 Å².